The van der Waals surface area contributed by atoms with E-state index in [2.05, 4.69) is 17.2 Å². The SMILES string of the molecule is CC#Cc1c(F)c(C2(OCC(=O)NC)CCOCC2)cc(F)c1CNS(=O)[O-]. The van der Waals surface area contributed by atoms with Crippen LogP contribution in [0.2, 0.25) is 0 Å². The smallest absolute Gasteiger partial charge is 0.245 e. The second-order valence-electron chi connectivity index (χ2n) is 6.07. The molecule has 1 atom stereocenters. The molecule has 2 rings (SSSR count). The monoisotopic (exact) mass is 415 g/mol. The zero-order valence-electron chi connectivity index (χ0n) is 15.5. The standard InChI is InChI=1S/C18H22F2N2O5S/c1-3-4-12-13(10-22-28(24)25)15(19)9-14(17(12)20)18(5-7-26-8-6-18)27-11-16(23)21-2/h9,22H,5-8,10-11H2,1-2H3,(H,21,23)(H,24,25)/p-1. The van der Waals surface area contributed by atoms with Gasteiger partial charge in [0, 0.05) is 62.0 Å². The van der Waals surface area contributed by atoms with Crippen molar-refractivity contribution in [1.29, 1.82) is 0 Å². The summed E-state index contributed by atoms with van der Waals surface area (Å²) in [6, 6.07) is 0.982. The minimum absolute atomic E-state index is 0.0676. The molecule has 1 aliphatic rings. The second kappa shape index (κ2) is 10.0. The Balaban J connectivity index is 2.55. The highest BCUT2D eigenvalue weighted by atomic mass is 32.2. The number of halogens is 2. The van der Waals surface area contributed by atoms with Crippen LogP contribution in [-0.2, 0) is 37.7 Å². The molecule has 0 radical (unpaired) electrons. The Bertz CT molecular complexity index is 816. The fourth-order valence-electron chi connectivity index (χ4n) is 3.02. The third-order valence-corrected chi connectivity index (χ3v) is 4.86. The Morgan fingerprint density at radius 1 is 1.43 bits per heavy atom. The maximum Gasteiger partial charge on any atom is 0.245 e. The lowest BCUT2D eigenvalue weighted by molar-refractivity contribution is -0.146. The highest BCUT2D eigenvalue weighted by molar-refractivity contribution is 7.77. The molecule has 7 nitrogen and oxygen atoms in total. The predicted molar refractivity (Wildman–Crippen MR) is 96.4 cm³/mol. The summed E-state index contributed by atoms with van der Waals surface area (Å²) in [4.78, 5) is 11.6. The maximum absolute atomic E-state index is 15.4. The van der Waals surface area contributed by atoms with Crippen molar-refractivity contribution in [3.63, 3.8) is 0 Å². The van der Waals surface area contributed by atoms with Crippen LogP contribution < -0.4 is 10.0 Å². The van der Waals surface area contributed by atoms with Crippen LogP contribution in [0.15, 0.2) is 6.07 Å². The molecule has 1 heterocycles. The molecule has 0 aromatic heterocycles. The zero-order chi connectivity index (χ0) is 20.7. The van der Waals surface area contributed by atoms with Gasteiger partial charge in [-0.1, -0.05) is 5.92 Å². The van der Waals surface area contributed by atoms with E-state index in [9.17, 15) is 17.9 Å². The average molecular weight is 415 g/mol. The molecule has 0 spiro atoms. The number of carbonyl (C=O) groups is 1. The van der Waals surface area contributed by atoms with E-state index in [4.69, 9.17) is 9.47 Å². The first kappa shape index (κ1) is 22.4. The highest BCUT2D eigenvalue weighted by Gasteiger charge is 2.40. The van der Waals surface area contributed by atoms with Gasteiger partial charge < -0.3 is 19.3 Å². The van der Waals surface area contributed by atoms with Crippen LogP contribution in [0.5, 0.6) is 0 Å². The number of likely N-dealkylation sites (N-methyl/N-ethyl adjacent to an activating group) is 1. The molecule has 0 bridgehead atoms. The molecular weight excluding hydrogens is 394 g/mol. The molecular formula is C18H21F2N2O5S-. The molecule has 1 aromatic carbocycles. The Kier molecular flexibility index (Phi) is 8.03. The van der Waals surface area contributed by atoms with E-state index in [1.54, 1.807) is 0 Å². The van der Waals surface area contributed by atoms with Crippen LogP contribution in [0.1, 0.15) is 36.5 Å². The van der Waals surface area contributed by atoms with Gasteiger partial charge in [0.15, 0.2) is 0 Å². The van der Waals surface area contributed by atoms with Gasteiger partial charge in [0.1, 0.15) is 23.8 Å². The van der Waals surface area contributed by atoms with E-state index in [-0.39, 0.29) is 49.4 Å². The van der Waals surface area contributed by atoms with Gasteiger partial charge in [-0.2, -0.15) is 0 Å². The molecule has 154 valence electrons. The van der Waals surface area contributed by atoms with Crippen molar-refractivity contribution < 1.29 is 31.8 Å². The largest absolute Gasteiger partial charge is 0.760 e. The van der Waals surface area contributed by atoms with E-state index >= 15 is 4.39 Å². The zero-order valence-corrected chi connectivity index (χ0v) is 16.3. The Labute approximate surface area is 164 Å². The lowest BCUT2D eigenvalue weighted by atomic mass is 9.83. The molecule has 2 N–H and O–H groups in total. The van der Waals surface area contributed by atoms with Crippen molar-refractivity contribution in [3.05, 3.63) is 34.4 Å². The summed E-state index contributed by atoms with van der Waals surface area (Å²) >= 11 is -2.64. The maximum atomic E-state index is 15.4. The van der Waals surface area contributed by atoms with Gasteiger partial charge in [0.05, 0.1) is 5.56 Å². The van der Waals surface area contributed by atoms with E-state index < -0.39 is 41.0 Å². The van der Waals surface area contributed by atoms with Gasteiger partial charge >= 0.3 is 0 Å². The Morgan fingerprint density at radius 3 is 2.68 bits per heavy atom. The second-order valence-corrected chi connectivity index (χ2v) is 6.83. The quantitative estimate of drug-likeness (QED) is 0.511. The van der Waals surface area contributed by atoms with Gasteiger partial charge in [0.2, 0.25) is 5.91 Å². The van der Waals surface area contributed by atoms with Gasteiger partial charge in [-0.15, -0.1) is 5.92 Å². The lowest BCUT2D eigenvalue weighted by Gasteiger charge is -2.38. The average Bonchev–Trinajstić information content (AvgIpc) is 2.68. The summed E-state index contributed by atoms with van der Waals surface area (Å²) in [5.41, 5.74) is -1.77. The van der Waals surface area contributed by atoms with Crippen LogP contribution in [0, 0.1) is 23.5 Å². The van der Waals surface area contributed by atoms with Crippen molar-refractivity contribution >= 4 is 17.2 Å². The van der Waals surface area contributed by atoms with Crippen molar-refractivity contribution in [2.45, 2.75) is 31.9 Å². The number of ether oxygens (including phenoxy) is 2. The Hall–Kier alpha value is -1.90. The van der Waals surface area contributed by atoms with Crippen molar-refractivity contribution in [1.82, 2.24) is 10.0 Å². The molecule has 28 heavy (non-hydrogen) atoms. The van der Waals surface area contributed by atoms with Crippen LogP contribution in [-0.4, -0.2) is 41.5 Å². The third kappa shape index (κ3) is 5.12. The van der Waals surface area contributed by atoms with Gasteiger partial charge in [0.25, 0.3) is 0 Å². The van der Waals surface area contributed by atoms with Crippen molar-refractivity contribution in [3.8, 4) is 11.8 Å². The van der Waals surface area contributed by atoms with Crippen LogP contribution in [0.25, 0.3) is 0 Å². The first-order valence-electron chi connectivity index (χ1n) is 8.53. The van der Waals surface area contributed by atoms with E-state index in [1.165, 1.54) is 14.0 Å². The summed E-state index contributed by atoms with van der Waals surface area (Å²) in [5, 5.41) is 2.42. The lowest BCUT2D eigenvalue weighted by Crippen LogP contribution is -2.40. The molecule has 0 aliphatic carbocycles. The van der Waals surface area contributed by atoms with E-state index in [1.807, 2.05) is 4.72 Å². The fraction of sp³-hybridized carbons (Fsp3) is 0.500. The van der Waals surface area contributed by atoms with Crippen LogP contribution >= 0.6 is 0 Å². The van der Waals surface area contributed by atoms with Crippen molar-refractivity contribution in [2.75, 3.05) is 26.9 Å². The minimum Gasteiger partial charge on any atom is -0.760 e. The highest BCUT2D eigenvalue weighted by Crippen LogP contribution is 2.39. The number of benzene rings is 1. The van der Waals surface area contributed by atoms with E-state index in [0.717, 1.165) is 6.07 Å². The number of carbonyl (C=O) groups excluding carboxylic acids is 1. The number of hydrogen-bond donors (Lipinski definition) is 2. The first-order chi connectivity index (χ1) is 13.3. The first-order valence-corrected chi connectivity index (χ1v) is 9.61. The summed E-state index contributed by atoms with van der Waals surface area (Å²) in [6.07, 6.45) is 0.447. The van der Waals surface area contributed by atoms with E-state index in [0.29, 0.717) is 0 Å². The number of nitrogens with one attached hydrogen (secondary N) is 2. The van der Waals surface area contributed by atoms with Crippen LogP contribution in [0.4, 0.5) is 8.78 Å². The molecule has 1 unspecified atom stereocenters. The molecule has 1 amide bonds. The molecule has 1 saturated heterocycles. The molecule has 10 heteroatoms. The number of hydrogen-bond acceptors (Lipinski definition) is 5. The fourth-order valence-corrected chi connectivity index (χ4v) is 3.29. The number of rotatable bonds is 7. The normalized spacial score (nSPS) is 16.8. The molecule has 0 saturated carbocycles. The molecule has 1 fully saturated rings. The summed E-state index contributed by atoms with van der Waals surface area (Å²) in [5.74, 6) is 3.00. The third-order valence-electron chi connectivity index (χ3n) is 4.48. The number of amides is 1. The van der Waals surface area contributed by atoms with Gasteiger partial charge in [-0.25, -0.2) is 13.5 Å². The molecule has 1 aliphatic heterocycles. The topological polar surface area (TPSA) is 99.7 Å². The summed E-state index contributed by atoms with van der Waals surface area (Å²) in [6.45, 7) is 1.19. The van der Waals surface area contributed by atoms with Gasteiger partial charge in [-0.3, -0.25) is 9.00 Å². The van der Waals surface area contributed by atoms with Gasteiger partial charge in [-0.05, 0) is 13.0 Å². The van der Waals surface area contributed by atoms with Crippen LogP contribution in [0.3, 0.4) is 0 Å². The molecule has 1 aromatic rings. The summed E-state index contributed by atoms with van der Waals surface area (Å²) in [7, 11) is 1.44. The predicted octanol–water partition coefficient (Wildman–Crippen LogP) is 0.988. The Morgan fingerprint density at radius 2 is 2.11 bits per heavy atom. The minimum atomic E-state index is -2.64. The van der Waals surface area contributed by atoms with Crippen molar-refractivity contribution in [2.24, 2.45) is 0 Å². The summed E-state index contributed by atoms with van der Waals surface area (Å²) < 4.78 is 64.8.